The highest BCUT2D eigenvalue weighted by atomic mass is 19.1. The fourth-order valence-corrected chi connectivity index (χ4v) is 2.98. The quantitative estimate of drug-likeness (QED) is 0.729. The molecule has 132 valence electrons. The first-order chi connectivity index (χ1) is 11.9. The molecule has 0 saturated carbocycles. The third-order valence-corrected chi connectivity index (χ3v) is 4.14. The van der Waals surface area contributed by atoms with Crippen molar-refractivity contribution in [2.75, 3.05) is 31.1 Å². The number of benzene rings is 1. The van der Waals surface area contributed by atoms with Crippen molar-refractivity contribution in [2.45, 2.75) is 6.54 Å². The van der Waals surface area contributed by atoms with E-state index in [9.17, 15) is 18.8 Å². The number of nitrogens with one attached hydrogen (secondary N) is 1. The number of pyridine rings is 1. The predicted octanol–water partition coefficient (Wildman–Crippen LogP) is 0.333. The summed E-state index contributed by atoms with van der Waals surface area (Å²) in [5.41, 5.74) is -0.985. The number of hydrogen-bond acceptors (Lipinski definition) is 5. The third kappa shape index (κ3) is 3.18. The molecule has 1 aromatic carbocycles. The van der Waals surface area contributed by atoms with E-state index >= 15 is 0 Å². The standard InChI is InChI=1S/C16H16FN3O5/c17-11-5-9-12(6-13(11)19-3-1-18-2-4-19)20(8-14(21)22)7-10(15(9)23)16(24)25/h5-7,18H,1-4,8H2,(H,21,22)(H,24,25). The molecule has 1 saturated heterocycles. The maximum absolute atomic E-state index is 14.5. The number of anilines is 1. The Morgan fingerprint density at radius 3 is 2.48 bits per heavy atom. The van der Waals surface area contributed by atoms with Crippen LogP contribution in [0.3, 0.4) is 0 Å². The van der Waals surface area contributed by atoms with Gasteiger partial charge in [-0.1, -0.05) is 0 Å². The molecule has 1 fully saturated rings. The van der Waals surface area contributed by atoms with E-state index < -0.39 is 35.3 Å². The van der Waals surface area contributed by atoms with Crippen LogP contribution in [-0.4, -0.2) is 52.9 Å². The molecule has 1 aliphatic rings. The van der Waals surface area contributed by atoms with E-state index in [0.29, 0.717) is 26.2 Å². The fraction of sp³-hybridized carbons (Fsp3) is 0.312. The summed E-state index contributed by atoms with van der Waals surface area (Å²) in [5.74, 6) is -3.33. The van der Waals surface area contributed by atoms with Gasteiger partial charge in [-0.15, -0.1) is 0 Å². The minimum atomic E-state index is -1.49. The van der Waals surface area contributed by atoms with Gasteiger partial charge in [-0.25, -0.2) is 9.18 Å². The average Bonchev–Trinajstić information content (AvgIpc) is 2.57. The molecule has 0 radical (unpaired) electrons. The predicted molar refractivity (Wildman–Crippen MR) is 87.8 cm³/mol. The minimum Gasteiger partial charge on any atom is -0.480 e. The smallest absolute Gasteiger partial charge is 0.341 e. The van der Waals surface area contributed by atoms with Gasteiger partial charge in [0.15, 0.2) is 0 Å². The maximum atomic E-state index is 14.5. The van der Waals surface area contributed by atoms with Crippen LogP contribution in [0.4, 0.5) is 10.1 Å². The van der Waals surface area contributed by atoms with Gasteiger partial charge < -0.3 is 25.0 Å². The molecule has 0 aliphatic carbocycles. The summed E-state index contributed by atoms with van der Waals surface area (Å²) in [6, 6.07) is 2.39. The second-order valence-corrected chi connectivity index (χ2v) is 5.76. The molecule has 2 heterocycles. The number of piperazine rings is 1. The number of nitrogens with zero attached hydrogens (tertiary/aromatic N) is 2. The van der Waals surface area contributed by atoms with Gasteiger partial charge in [-0.3, -0.25) is 9.59 Å². The number of carbonyl (C=O) groups is 2. The number of rotatable bonds is 4. The Balaban J connectivity index is 2.26. The Morgan fingerprint density at radius 1 is 1.20 bits per heavy atom. The molecule has 8 nitrogen and oxygen atoms in total. The van der Waals surface area contributed by atoms with E-state index in [2.05, 4.69) is 5.32 Å². The van der Waals surface area contributed by atoms with Crippen molar-refractivity contribution in [1.82, 2.24) is 9.88 Å². The average molecular weight is 349 g/mol. The summed E-state index contributed by atoms with van der Waals surface area (Å²) in [6.45, 7) is 1.95. The molecular formula is C16H16FN3O5. The Morgan fingerprint density at radius 2 is 1.88 bits per heavy atom. The first-order valence-corrected chi connectivity index (χ1v) is 7.66. The summed E-state index contributed by atoms with van der Waals surface area (Å²) in [7, 11) is 0. The van der Waals surface area contributed by atoms with E-state index in [-0.39, 0.29) is 16.6 Å². The van der Waals surface area contributed by atoms with Crippen molar-refractivity contribution in [3.05, 3.63) is 39.9 Å². The van der Waals surface area contributed by atoms with Crippen LogP contribution >= 0.6 is 0 Å². The number of carboxylic acids is 2. The van der Waals surface area contributed by atoms with Crippen molar-refractivity contribution < 1.29 is 24.2 Å². The summed E-state index contributed by atoms with van der Waals surface area (Å²) < 4.78 is 15.7. The van der Waals surface area contributed by atoms with Crippen LogP contribution in [0.25, 0.3) is 10.9 Å². The SMILES string of the molecule is O=C(O)Cn1cc(C(=O)O)c(=O)c2cc(F)c(N3CCNCC3)cc21. The van der Waals surface area contributed by atoms with Gasteiger partial charge in [0.1, 0.15) is 17.9 Å². The van der Waals surface area contributed by atoms with Gasteiger partial charge >= 0.3 is 11.9 Å². The van der Waals surface area contributed by atoms with Crippen molar-refractivity contribution in [3.63, 3.8) is 0 Å². The summed E-state index contributed by atoms with van der Waals surface area (Å²) >= 11 is 0. The number of aromatic nitrogens is 1. The molecule has 1 aliphatic heterocycles. The highest BCUT2D eigenvalue weighted by Crippen LogP contribution is 2.25. The minimum absolute atomic E-state index is 0.155. The monoisotopic (exact) mass is 349 g/mol. The zero-order valence-electron chi connectivity index (χ0n) is 13.2. The Labute approximate surface area is 141 Å². The molecular weight excluding hydrogens is 333 g/mol. The van der Waals surface area contributed by atoms with Gasteiger partial charge in [-0.05, 0) is 12.1 Å². The van der Waals surface area contributed by atoms with Crippen LogP contribution in [-0.2, 0) is 11.3 Å². The maximum Gasteiger partial charge on any atom is 0.341 e. The first kappa shape index (κ1) is 16.9. The fourth-order valence-electron chi connectivity index (χ4n) is 2.98. The zero-order chi connectivity index (χ0) is 18.1. The van der Waals surface area contributed by atoms with Gasteiger partial charge in [0.25, 0.3) is 0 Å². The molecule has 0 bridgehead atoms. The number of aromatic carboxylic acids is 1. The van der Waals surface area contributed by atoms with Gasteiger partial charge in [0.05, 0.1) is 11.2 Å². The number of fused-ring (bicyclic) bond motifs is 1. The molecule has 0 atom stereocenters. The lowest BCUT2D eigenvalue weighted by Crippen LogP contribution is -2.43. The number of hydrogen-bond donors (Lipinski definition) is 3. The summed E-state index contributed by atoms with van der Waals surface area (Å²) in [5, 5.41) is 21.2. The van der Waals surface area contributed by atoms with Crippen molar-refractivity contribution in [2.24, 2.45) is 0 Å². The molecule has 3 N–H and O–H groups in total. The molecule has 3 rings (SSSR count). The topological polar surface area (TPSA) is 112 Å². The lowest BCUT2D eigenvalue weighted by atomic mass is 10.1. The van der Waals surface area contributed by atoms with E-state index in [1.165, 1.54) is 6.07 Å². The first-order valence-electron chi connectivity index (χ1n) is 7.66. The second kappa shape index (κ2) is 6.52. The largest absolute Gasteiger partial charge is 0.480 e. The molecule has 1 aromatic heterocycles. The van der Waals surface area contributed by atoms with Crippen molar-refractivity contribution in [3.8, 4) is 0 Å². The van der Waals surface area contributed by atoms with Crippen molar-refractivity contribution in [1.29, 1.82) is 0 Å². The Hall–Kier alpha value is -2.94. The van der Waals surface area contributed by atoms with Crippen LogP contribution in [0.2, 0.25) is 0 Å². The van der Waals surface area contributed by atoms with Crippen LogP contribution in [0.1, 0.15) is 10.4 Å². The Kier molecular flexibility index (Phi) is 4.41. The van der Waals surface area contributed by atoms with Gasteiger partial charge in [0.2, 0.25) is 5.43 Å². The molecule has 2 aromatic rings. The number of carboxylic acid groups (broad SMARTS) is 2. The van der Waals surface area contributed by atoms with E-state index in [1.807, 2.05) is 0 Å². The van der Waals surface area contributed by atoms with E-state index in [0.717, 1.165) is 16.8 Å². The van der Waals surface area contributed by atoms with Gasteiger partial charge in [0, 0.05) is 37.8 Å². The van der Waals surface area contributed by atoms with Gasteiger partial charge in [-0.2, -0.15) is 0 Å². The Bertz CT molecular complexity index is 918. The summed E-state index contributed by atoms with van der Waals surface area (Å²) in [6.07, 6.45) is 0.987. The third-order valence-electron chi connectivity index (χ3n) is 4.14. The molecule has 0 spiro atoms. The lowest BCUT2D eigenvalue weighted by Gasteiger charge is -2.30. The number of halogens is 1. The lowest BCUT2D eigenvalue weighted by molar-refractivity contribution is -0.137. The normalized spacial score (nSPS) is 14.7. The molecule has 9 heteroatoms. The van der Waals surface area contributed by atoms with Crippen LogP contribution in [0, 0.1) is 5.82 Å². The second-order valence-electron chi connectivity index (χ2n) is 5.76. The van der Waals surface area contributed by atoms with Crippen LogP contribution in [0.15, 0.2) is 23.1 Å². The van der Waals surface area contributed by atoms with Crippen LogP contribution < -0.4 is 15.6 Å². The summed E-state index contributed by atoms with van der Waals surface area (Å²) in [4.78, 5) is 36.4. The van der Waals surface area contributed by atoms with E-state index in [4.69, 9.17) is 10.2 Å². The highest BCUT2D eigenvalue weighted by Gasteiger charge is 2.20. The van der Waals surface area contributed by atoms with E-state index in [1.54, 1.807) is 4.90 Å². The van der Waals surface area contributed by atoms with Crippen molar-refractivity contribution >= 4 is 28.5 Å². The van der Waals surface area contributed by atoms with Crippen LogP contribution in [0.5, 0.6) is 0 Å². The zero-order valence-corrected chi connectivity index (χ0v) is 13.2. The number of aliphatic carboxylic acids is 1. The highest BCUT2D eigenvalue weighted by molar-refractivity contribution is 5.94. The molecule has 0 unspecified atom stereocenters. The molecule has 0 amide bonds. The molecule has 25 heavy (non-hydrogen) atoms.